The van der Waals surface area contributed by atoms with Crippen molar-refractivity contribution in [2.45, 2.75) is 39.2 Å². The van der Waals surface area contributed by atoms with Gasteiger partial charge in [-0.1, -0.05) is 32.9 Å². The van der Waals surface area contributed by atoms with Crippen LogP contribution in [0.1, 0.15) is 50.3 Å². The van der Waals surface area contributed by atoms with E-state index in [9.17, 15) is 0 Å². The van der Waals surface area contributed by atoms with Gasteiger partial charge in [-0.3, -0.25) is 0 Å². The molecule has 0 aliphatic rings. The third kappa shape index (κ3) is 3.47. The Hall–Kier alpha value is -1.06. The van der Waals surface area contributed by atoms with Gasteiger partial charge in [0.05, 0.1) is 7.11 Å². The van der Waals surface area contributed by atoms with Crippen LogP contribution in [-0.4, -0.2) is 13.7 Å². The maximum atomic E-state index is 6.29. The third-order valence-corrected chi connectivity index (χ3v) is 3.50. The van der Waals surface area contributed by atoms with E-state index >= 15 is 0 Å². The Morgan fingerprint density at radius 2 is 1.89 bits per heavy atom. The van der Waals surface area contributed by atoms with Crippen LogP contribution in [-0.2, 0) is 0 Å². The molecule has 0 saturated carbocycles. The highest BCUT2D eigenvalue weighted by Gasteiger charge is 2.17. The highest BCUT2D eigenvalue weighted by atomic mass is 16.5. The van der Waals surface area contributed by atoms with E-state index in [-0.39, 0.29) is 6.04 Å². The third-order valence-electron chi connectivity index (χ3n) is 3.50. The predicted octanol–water partition coefficient (Wildman–Crippen LogP) is 2.80. The number of rotatable bonds is 6. The standard InChI is InChI=1S/C15H26N2O/c1-10(2)13-9-12(5-6-14(13)18-4)15(17)11(3)7-8-16/h5-6,9-11,15H,7-8,16-17H2,1-4H3. The lowest BCUT2D eigenvalue weighted by Gasteiger charge is -2.22. The fraction of sp³-hybridized carbons (Fsp3) is 0.600. The molecule has 3 nitrogen and oxygen atoms in total. The molecule has 0 amide bonds. The van der Waals surface area contributed by atoms with Crippen LogP contribution in [0.4, 0.5) is 0 Å². The van der Waals surface area contributed by atoms with Crippen LogP contribution in [0, 0.1) is 5.92 Å². The van der Waals surface area contributed by atoms with Gasteiger partial charge in [-0.15, -0.1) is 0 Å². The van der Waals surface area contributed by atoms with Crippen molar-refractivity contribution in [2.24, 2.45) is 17.4 Å². The van der Waals surface area contributed by atoms with Crippen molar-refractivity contribution in [1.29, 1.82) is 0 Å². The average Bonchev–Trinajstić information content (AvgIpc) is 2.37. The van der Waals surface area contributed by atoms with Crippen LogP contribution in [0.15, 0.2) is 18.2 Å². The van der Waals surface area contributed by atoms with E-state index in [2.05, 4.69) is 32.9 Å². The monoisotopic (exact) mass is 250 g/mol. The molecule has 1 aromatic rings. The fourth-order valence-electron chi connectivity index (χ4n) is 2.18. The van der Waals surface area contributed by atoms with Crippen molar-refractivity contribution in [3.8, 4) is 5.75 Å². The van der Waals surface area contributed by atoms with Crippen molar-refractivity contribution < 1.29 is 4.74 Å². The number of hydrogen-bond donors (Lipinski definition) is 2. The van der Waals surface area contributed by atoms with Crippen molar-refractivity contribution in [3.05, 3.63) is 29.3 Å². The SMILES string of the molecule is COc1ccc(C(N)C(C)CCN)cc1C(C)C. The molecule has 0 bridgehead atoms. The molecular formula is C15H26N2O. The van der Waals surface area contributed by atoms with Gasteiger partial charge < -0.3 is 16.2 Å². The van der Waals surface area contributed by atoms with E-state index < -0.39 is 0 Å². The lowest BCUT2D eigenvalue weighted by atomic mass is 9.90. The average molecular weight is 250 g/mol. The van der Waals surface area contributed by atoms with Gasteiger partial charge >= 0.3 is 0 Å². The van der Waals surface area contributed by atoms with Crippen molar-refractivity contribution in [2.75, 3.05) is 13.7 Å². The van der Waals surface area contributed by atoms with Crippen LogP contribution in [0.25, 0.3) is 0 Å². The maximum Gasteiger partial charge on any atom is 0.122 e. The van der Waals surface area contributed by atoms with E-state index in [1.165, 1.54) is 11.1 Å². The van der Waals surface area contributed by atoms with E-state index in [0.29, 0.717) is 18.4 Å². The Balaban J connectivity index is 3.00. The molecule has 0 heterocycles. The molecule has 0 spiro atoms. The fourth-order valence-corrected chi connectivity index (χ4v) is 2.18. The molecule has 2 atom stereocenters. The molecule has 2 unspecified atom stereocenters. The number of ether oxygens (including phenoxy) is 1. The zero-order valence-electron chi connectivity index (χ0n) is 11.9. The Labute approximate surface area is 111 Å². The minimum Gasteiger partial charge on any atom is -0.496 e. The van der Waals surface area contributed by atoms with E-state index in [1.807, 2.05) is 6.07 Å². The van der Waals surface area contributed by atoms with Crippen LogP contribution < -0.4 is 16.2 Å². The summed E-state index contributed by atoms with van der Waals surface area (Å²) in [5, 5.41) is 0. The molecule has 0 fully saturated rings. The molecule has 1 rings (SSSR count). The predicted molar refractivity (Wildman–Crippen MR) is 76.8 cm³/mol. The molecule has 0 saturated heterocycles. The molecule has 0 aromatic heterocycles. The molecule has 1 aromatic carbocycles. The van der Waals surface area contributed by atoms with Gasteiger partial charge in [-0.25, -0.2) is 0 Å². The Morgan fingerprint density at radius 1 is 1.22 bits per heavy atom. The minimum atomic E-state index is 0.0388. The highest BCUT2D eigenvalue weighted by Crippen LogP contribution is 2.31. The Morgan fingerprint density at radius 3 is 2.39 bits per heavy atom. The molecular weight excluding hydrogens is 224 g/mol. The van der Waals surface area contributed by atoms with Gasteiger partial charge in [0, 0.05) is 6.04 Å². The number of hydrogen-bond acceptors (Lipinski definition) is 3. The summed E-state index contributed by atoms with van der Waals surface area (Å²) in [5.41, 5.74) is 14.3. The summed E-state index contributed by atoms with van der Waals surface area (Å²) < 4.78 is 5.39. The second kappa shape index (κ2) is 6.76. The van der Waals surface area contributed by atoms with Crippen molar-refractivity contribution in [1.82, 2.24) is 0 Å². The van der Waals surface area contributed by atoms with Gasteiger partial charge in [0.1, 0.15) is 5.75 Å². The summed E-state index contributed by atoms with van der Waals surface area (Å²) in [7, 11) is 1.71. The molecule has 0 aliphatic heterocycles. The first kappa shape index (κ1) is 15.0. The first-order valence-electron chi connectivity index (χ1n) is 6.64. The highest BCUT2D eigenvalue weighted by molar-refractivity contribution is 5.40. The largest absolute Gasteiger partial charge is 0.496 e. The number of benzene rings is 1. The smallest absolute Gasteiger partial charge is 0.122 e. The summed E-state index contributed by atoms with van der Waals surface area (Å²) in [6.07, 6.45) is 0.949. The lowest BCUT2D eigenvalue weighted by molar-refractivity contribution is 0.405. The van der Waals surface area contributed by atoms with E-state index in [4.69, 9.17) is 16.2 Å². The zero-order chi connectivity index (χ0) is 13.7. The van der Waals surface area contributed by atoms with E-state index in [0.717, 1.165) is 12.2 Å². The normalized spacial score (nSPS) is 14.6. The molecule has 4 N–H and O–H groups in total. The Bertz CT molecular complexity index is 377. The first-order valence-corrected chi connectivity index (χ1v) is 6.64. The topological polar surface area (TPSA) is 61.3 Å². The minimum absolute atomic E-state index is 0.0388. The molecule has 102 valence electrons. The summed E-state index contributed by atoms with van der Waals surface area (Å²) in [6, 6.07) is 6.28. The van der Waals surface area contributed by atoms with Crippen molar-refractivity contribution in [3.63, 3.8) is 0 Å². The summed E-state index contributed by atoms with van der Waals surface area (Å²) in [4.78, 5) is 0. The molecule has 0 radical (unpaired) electrons. The lowest BCUT2D eigenvalue weighted by Crippen LogP contribution is -2.21. The van der Waals surface area contributed by atoms with Crippen molar-refractivity contribution >= 4 is 0 Å². The van der Waals surface area contributed by atoms with Crippen LogP contribution in [0.5, 0.6) is 5.75 Å². The Kier molecular flexibility index (Phi) is 5.63. The second-order valence-electron chi connectivity index (χ2n) is 5.24. The zero-order valence-corrected chi connectivity index (χ0v) is 11.9. The van der Waals surface area contributed by atoms with Crippen LogP contribution in [0.2, 0.25) is 0 Å². The van der Waals surface area contributed by atoms with E-state index in [1.54, 1.807) is 7.11 Å². The van der Waals surface area contributed by atoms with Gasteiger partial charge in [-0.05, 0) is 42.0 Å². The quantitative estimate of drug-likeness (QED) is 0.816. The summed E-state index contributed by atoms with van der Waals surface area (Å²) >= 11 is 0. The molecule has 3 heteroatoms. The first-order chi connectivity index (χ1) is 8.51. The van der Waals surface area contributed by atoms with Gasteiger partial charge in [0.25, 0.3) is 0 Å². The maximum absolute atomic E-state index is 6.29. The van der Waals surface area contributed by atoms with Gasteiger partial charge in [0.15, 0.2) is 0 Å². The summed E-state index contributed by atoms with van der Waals surface area (Å²) in [6.45, 7) is 7.16. The molecule has 0 aliphatic carbocycles. The van der Waals surface area contributed by atoms with Crippen LogP contribution >= 0.6 is 0 Å². The van der Waals surface area contributed by atoms with Gasteiger partial charge in [0.2, 0.25) is 0 Å². The number of nitrogens with two attached hydrogens (primary N) is 2. The van der Waals surface area contributed by atoms with Gasteiger partial charge in [-0.2, -0.15) is 0 Å². The second-order valence-corrected chi connectivity index (χ2v) is 5.24. The number of methoxy groups -OCH3 is 1. The van der Waals surface area contributed by atoms with Crippen LogP contribution in [0.3, 0.4) is 0 Å². The summed E-state index contributed by atoms with van der Waals surface area (Å²) in [5.74, 6) is 1.76. The molecule has 18 heavy (non-hydrogen) atoms.